The summed E-state index contributed by atoms with van der Waals surface area (Å²) in [5.41, 5.74) is 0.908. The van der Waals surface area contributed by atoms with E-state index < -0.39 is 17.7 Å². The Balaban J connectivity index is 1.77. The number of pyridine rings is 1. The number of likely N-dealkylation sites (tertiary alicyclic amines) is 1. The quantitative estimate of drug-likeness (QED) is 0.796. The average Bonchev–Trinajstić information content (AvgIpc) is 3.00. The summed E-state index contributed by atoms with van der Waals surface area (Å²) in [5, 5.41) is 0. The molecule has 3 rings (SSSR count). The lowest BCUT2D eigenvalue weighted by Gasteiger charge is -2.17. The summed E-state index contributed by atoms with van der Waals surface area (Å²) in [6.07, 6.45) is 1.93. The van der Waals surface area contributed by atoms with E-state index in [0.29, 0.717) is 13.1 Å². The van der Waals surface area contributed by atoms with Crippen LogP contribution in [0.2, 0.25) is 0 Å². The average molecular weight is 288 g/mol. The second-order valence-corrected chi connectivity index (χ2v) is 5.11. The number of rotatable bonds is 2. The van der Waals surface area contributed by atoms with Crippen molar-refractivity contribution in [2.24, 2.45) is 0 Å². The largest absolute Gasteiger partial charge is 0.338 e. The van der Waals surface area contributed by atoms with Crippen LogP contribution in [0.3, 0.4) is 0 Å². The van der Waals surface area contributed by atoms with E-state index in [1.165, 1.54) is 6.07 Å². The highest BCUT2D eigenvalue weighted by molar-refractivity contribution is 5.94. The van der Waals surface area contributed by atoms with Gasteiger partial charge in [-0.3, -0.25) is 4.79 Å². The standard InChI is InChI=1S/C16H14F2N2O/c17-14-13(6-8-19-15(14)18)16(21)20-9-7-12(10-20)11-4-2-1-3-5-11/h1-6,8,12H,7,9-10H2. The number of amides is 1. The molecule has 1 unspecified atom stereocenters. The molecule has 2 aromatic rings. The van der Waals surface area contributed by atoms with E-state index in [9.17, 15) is 13.6 Å². The maximum absolute atomic E-state index is 13.6. The zero-order valence-electron chi connectivity index (χ0n) is 11.3. The molecule has 5 heteroatoms. The Kier molecular flexibility index (Phi) is 3.64. The minimum Gasteiger partial charge on any atom is -0.338 e. The minimum absolute atomic E-state index is 0.241. The van der Waals surface area contributed by atoms with E-state index in [4.69, 9.17) is 0 Å². The van der Waals surface area contributed by atoms with Crippen LogP contribution in [-0.2, 0) is 0 Å². The number of nitrogens with zero attached hydrogens (tertiary/aromatic N) is 2. The van der Waals surface area contributed by atoms with Gasteiger partial charge in [-0.2, -0.15) is 4.39 Å². The fraction of sp³-hybridized carbons (Fsp3) is 0.250. The molecule has 0 aliphatic carbocycles. The molecule has 21 heavy (non-hydrogen) atoms. The van der Waals surface area contributed by atoms with E-state index in [-0.39, 0.29) is 11.5 Å². The molecule has 0 spiro atoms. The van der Waals surface area contributed by atoms with Gasteiger partial charge >= 0.3 is 0 Å². The summed E-state index contributed by atoms with van der Waals surface area (Å²) in [6.45, 7) is 1.06. The highest BCUT2D eigenvalue weighted by atomic mass is 19.2. The third kappa shape index (κ3) is 2.63. The van der Waals surface area contributed by atoms with Crippen molar-refractivity contribution in [3.05, 3.63) is 65.5 Å². The van der Waals surface area contributed by atoms with Gasteiger partial charge in [0.2, 0.25) is 5.95 Å². The SMILES string of the molecule is O=C(c1ccnc(F)c1F)N1CCC(c2ccccc2)C1. The Morgan fingerprint density at radius 1 is 1.19 bits per heavy atom. The fourth-order valence-electron chi connectivity index (χ4n) is 2.70. The lowest BCUT2D eigenvalue weighted by molar-refractivity contribution is 0.0784. The zero-order valence-corrected chi connectivity index (χ0v) is 11.3. The molecule has 1 atom stereocenters. The predicted molar refractivity (Wildman–Crippen MR) is 73.9 cm³/mol. The summed E-state index contributed by atoms with van der Waals surface area (Å²) in [5.74, 6) is -2.65. The molecule has 1 saturated heterocycles. The Morgan fingerprint density at radius 3 is 2.71 bits per heavy atom. The number of halogens is 2. The summed E-state index contributed by atoms with van der Waals surface area (Å²) in [4.78, 5) is 17.1. The number of hydrogen-bond donors (Lipinski definition) is 0. The maximum atomic E-state index is 13.6. The normalized spacial score (nSPS) is 18.0. The van der Waals surface area contributed by atoms with Crippen LogP contribution in [0.4, 0.5) is 8.78 Å². The molecule has 0 N–H and O–H groups in total. The van der Waals surface area contributed by atoms with Crippen molar-refractivity contribution in [2.45, 2.75) is 12.3 Å². The van der Waals surface area contributed by atoms with Gasteiger partial charge in [-0.1, -0.05) is 30.3 Å². The molecule has 1 amide bonds. The van der Waals surface area contributed by atoms with Crippen LogP contribution in [0.1, 0.15) is 28.3 Å². The van der Waals surface area contributed by atoms with Crippen LogP contribution < -0.4 is 0 Å². The predicted octanol–water partition coefficient (Wildman–Crippen LogP) is 2.99. The van der Waals surface area contributed by atoms with E-state index >= 15 is 0 Å². The number of hydrogen-bond acceptors (Lipinski definition) is 2. The van der Waals surface area contributed by atoms with Crippen LogP contribution in [-0.4, -0.2) is 28.9 Å². The number of carbonyl (C=O) groups is 1. The lowest BCUT2D eigenvalue weighted by Crippen LogP contribution is -2.29. The summed E-state index contributed by atoms with van der Waals surface area (Å²) in [6, 6.07) is 11.1. The third-order valence-corrected chi connectivity index (χ3v) is 3.82. The molecule has 0 bridgehead atoms. The topological polar surface area (TPSA) is 33.2 Å². The molecular weight excluding hydrogens is 274 g/mol. The Bertz CT molecular complexity index is 661. The van der Waals surface area contributed by atoms with Gasteiger partial charge in [-0.25, -0.2) is 9.37 Å². The van der Waals surface area contributed by atoms with Crippen LogP contribution in [0.25, 0.3) is 0 Å². The molecule has 108 valence electrons. The second-order valence-electron chi connectivity index (χ2n) is 5.11. The molecule has 0 saturated carbocycles. The second kappa shape index (κ2) is 5.60. The van der Waals surface area contributed by atoms with Crippen molar-refractivity contribution >= 4 is 5.91 Å². The molecule has 1 aliphatic rings. The van der Waals surface area contributed by atoms with E-state index in [1.54, 1.807) is 4.90 Å². The number of benzene rings is 1. The van der Waals surface area contributed by atoms with Gasteiger partial charge < -0.3 is 4.90 Å². The summed E-state index contributed by atoms with van der Waals surface area (Å²) in [7, 11) is 0. The Hall–Kier alpha value is -2.30. The van der Waals surface area contributed by atoms with Gasteiger partial charge in [0.05, 0.1) is 5.56 Å². The molecule has 1 aromatic heterocycles. The highest BCUT2D eigenvalue weighted by Gasteiger charge is 2.29. The van der Waals surface area contributed by atoms with Gasteiger partial charge in [0, 0.05) is 25.2 Å². The molecule has 0 radical (unpaired) electrons. The van der Waals surface area contributed by atoms with Gasteiger partial charge in [0.1, 0.15) is 0 Å². The molecule has 1 fully saturated rings. The van der Waals surface area contributed by atoms with Crippen LogP contribution >= 0.6 is 0 Å². The number of carbonyl (C=O) groups excluding carboxylic acids is 1. The van der Waals surface area contributed by atoms with Crippen molar-refractivity contribution in [1.29, 1.82) is 0 Å². The van der Waals surface area contributed by atoms with Gasteiger partial charge in [0.15, 0.2) is 5.82 Å². The van der Waals surface area contributed by atoms with Gasteiger partial charge in [-0.15, -0.1) is 0 Å². The van der Waals surface area contributed by atoms with Gasteiger partial charge in [-0.05, 0) is 18.1 Å². The molecular formula is C16H14F2N2O. The maximum Gasteiger partial charge on any atom is 0.257 e. The molecule has 2 heterocycles. The van der Waals surface area contributed by atoms with Crippen LogP contribution in [0.15, 0.2) is 42.6 Å². The van der Waals surface area contributed by atoms with Crippen molar-refractivity contribution in [3.63, 3.8) is 0 Å². The van der Waals surface area contributed by atoms with Crippen LogP contribution in [0.5, 0.6) is 0 Å². The fourth-order valence-corrected chi connectivity index (χ4v) is 2.70. The third-order valence-electron chi connectivity index (χ3n) is 3.82. The molecule has 3 nitrogen and oxygen atoms in total. The first-order valence-corrected chi connectivity index (χ1v) is 6.81. The van der Waals surface area contributed by atoms with E-state index in [2.05, 4.69) is 4.98 Å². The Morgan fingerprint density at radius 2 is 1.95 bits per heavy atom. The van der Waals surface area contributed by atoms with Crippen LogP contribution in [0, 0.1) is 11.8 Å². The highest BCUT2D eigenvalue weighted by Crippen LogP contribution is 2.28. The molecule has 1 aromatic carbocycles. The molecule has 1 aliphatic heterocycles. The summed E-state index contributed by atoms with van der Waals surface area (Å²) < 4.78 is 26.8. The monoisotopic (exact) mass is 288 g/mol. The first kappa shape index (κ1) is 13.7. The van der Waals surface area contributed by atoms with Gasteiger partial charge in [0.25, 0.3) is 5.91 Å². The van der Waals surface area contributed by atoms with Crippen molar-refractivity contribution in [1.82, 2.24) is 9.88 Å². The zero-order chi connectivity index (χ0) is 14.8. The summed E-state index contributed by atoms with van der Waals surface area (Å²) >= 11 is 0. The first-order chi connectivity index (χ1) is 10.2. The smallest absolute Gasteiger partial charge is 0.257 e. The minimum atomic E-state index is -1.24. The van der Waals surface area contributed by atoms with Crippen molar-refractivity contribution in [3.8, 4) is 0 Å². The Labute approximate surface area is 121 Å². The first-order valence-electron chi connectivity index (χ1n) is 6.81. The lowest BCUT2D eigenvalue weighted by atomic mass is 9.99. The van der Waals surface area contributed by atoms with E-state index in [0.717, 1.165) is 18.2 Å². The van der Waals surface area contributed by atoms with E-state index in [1.807, 2.05) is 30.3 Å². The van der Waals surface area contributed by atoms with Crippen molar-refractivity contribution < 1.29 is 13.6 Å². The van der Waals surface area contributed by atoms with Crippen molar-refractivity contribution in [2.75, 3.05) is 13.1 Å². The number of aromatic nitrogens is 1.